The zero-order valence-electron chi connectivity index (χ0n) is 15.3. The predicted octanol–water partition coefficient (Wildman–Crippen LogP) is 3.53. The number of rotatable bonds is 6. The molecule has 1 saturated heterocycles. The van der Waals surface area contributed by atoms with Crippen LogP contribution in [0.5, 0.6) is 11.5 Å². The smallest absolute Gasteiger partial charge is 0.416 e. The zero-order chi connectivity index (χ0) is 20.9. The maximum atomic E-state index is 12.9. The van der Waals surface area contributed by atoms with E-state index in [-0.39, 0.29) is 38.0 Å². The van der Waals surface area contributed by atoms with E-state index in [0.29, 0.717) is 12.3 Å². The van der Waals surface area contributed by atoms with Crippen molar-refractivity contribution in [3.63, 3.8) is 0 Å². The summed E-state index contributed by atoms with van der Waals surface area (Å²) in [4.78, 5) is 13.9. The molecule has 1 unspecified atom stereocenters. The third kappa shape index (κ3) is 6.08. The Morgan fingerprint density at radius 2 is 1.86 bits per heavy atom. The van der Waals surface area contributed by atoms with Gasteiger partial charge in [0, 0.05) is 6.54 Å². The van der Waals surface area contributed by atoms with E-state index in [1.807, 2.05) is 0 Å². The number of hydrogen-bond acceptors (Lipinski definition) is 4. The van der Waals surface area contributed by atoms with Crippen LogP contribution in [-0.4, -0.2) is 49.8 Å². The number of morpholine rings is 1. The van der Waals surface area contributed by atoms with Crippen molar-refractivity contribution in [3.05, 3.63) is 59.9 Å². The molecular formula is C20H19F4NO4. The number of halogens is 4. The van der Waals surface area contributed by atoms with Crippen LogP contribution in [0.1, 0.15) is 5.56 Å². The van der Waals surface area contributed by atoms with Gasteiger partial charge in [0.1, 0.15) is 30.0 Å². The number of benzene rings is 2. The van der Waals surface area contributed by atoms with Gasteiger partial charge in [0.25, 0.3) is 5.91 Å². The molecule has 0 aromatic heterocycles. The van der Waals surface area contributed by atoms with Crippen molar-refractivity contribution in [2.45, 2.75) is 12.3 Å². The first-order chi connectivity index (χ1) is 13.8. The molecule has 156 valence electrons. The number of hydrogen-bond donors (Lipinski definition) is 0. The van der Waals surface area contributed by atoms with Gasteiger partial charge in [0.2, 0.25) is 0 Å². The molecule has 1 aliphatic heterocycles. The minimum absolute atomic E-state index is 0.00388. The number of carbonyl (C=O) groups is 1. The second-order valence-electron chi connectivity index (χ2n) is 6.41. The average molecular weight is 413 g/mol. The zero-order valence-corrected chi connectivity index (χ0v) is 15.3. The van der Waals surface area contributed by atoms with Gasteiger partial charge in [-0.1, -0.05) is 6.07 Å². The van der Waals surface area contributed by atoms with Crippen LogP contribution in [0.15, 0.2) is 48.5 Å². The summed E-state index contributed by atoms with van der Waals surface area (Å²) in [7, 11) is 0. The first-order valence-electron chi connectivity index (χ1n) is 8.89. The lowest BCUT2D eigenvalue weighted by molar-refractivity contribution is -0.142. The summed E-state index contributed by atoms with van der Waals surface area (Å²) >= 11 is 0. The Balaban J connectivity index is 1.48. The fourth-order valence-corrected chi connectivity index (χ4v) is 2.77. The molecule has 0 N–H and O–H groups in total. The Kier molecular flexibility index (Phi) is 6.58. The van der Waals surface area contributed by atoms with Gasteiger partial charge in [-0.3, -0.25) is 4.79 Å². The second-order valence-corrected chi connectivity index (χ2v) is 6.41. The van der Waals surface area contributed by atoms with Crippen LogP contribution in [0.4, 0.5) is 17.6 Å². The van der Waals surface area contributed by atoms with Crippen LogP contribution in [-0.2, 0) is 15.7 Å². The van der Waals surface area contributed by atoms with E-state index in [1.165, 1.54) is 41.3 Å². The number of ether oxygens (including phenoxy) is 3. The molecule has 1 atom stereocenters. The normalized spacial score (nSPS) is 17.1. The Bertz CT molecular complexity index is 826. The largest absolute Gasteiger partial charge is 0.491 e. The summed E-state index contributed by atoms with van der Waals surface area (Å²) < 4.78 is 67.5. The Hall–Kier alpha value is -2.81. The van der Waals surface area contributed by atoms with Crippen LogP contribution in [0, 0.1) is 5.82 Å². The van der Waals surface area contributed by atoms with Crippen molar-refractivity contribution in [3.8, 4) is 11.5 Å². The highest BCUT2D eigenvalue weighted by atomic mass is 19.4. The van der Waals surface area contributed by atoms with Gasteiger partial charge in [-0.2, -0.15) is 13.2 Å². The summed E-state index contributed by atoms with van der Waals surface area (Å²) in [5.74, 6) is -0.230. The van der Waals surface area contributed by atoms with Gasteiger partial charge in [-0.25, -0.2) is 4.39 Å². The lowest BCUT2D eigenvalue weighted by atomic mass is 10.2. The fraction of sp³-hybridized carbons (Fsp3) is 0.350. The quantitative estimate of drug-likeness (QED) is 0.680. The van der Waals surface area contributed by atoms with E-state index in [9.17, 15) is 22.4 Å². The van der Waals surface area contributed by atoms with Crippen LogP contribution >= 0.6 is 0 Å². The Morgan fingerprint density at radius 1 is 1.10 bits per heavy atom. The molecule has 1 amide bonds. The topological polar surface area (TPSA) is 48.0 Å². The molecule has 0 aliphatic carbocycles. The van der Waals surface area contributed by atoms with E-state index in [1.54, 1.807) is 0 Å². The van der Waals surface area contributed by atoms with E-state index in [2.05, 4.69) is 0 Å². The maximum absolute atomic E-state index is 12.9. The Morgan fingerprint density at radius 3 is 2.59 bits per heavy atom. The molecule has 0 saturated carbocycles. The van der Waals surface area contributed by atoms with Gasteiger partial charge in [-0.05, 0) is 42.5 Å². The van der Waals surface area contributed by atoms with E-state index >= 15 is 0 Å². The summed E-state index contributed by atoms with van der Waals surface area (Å²) in [6.07, 6.45) is -4.93. The fourth-order valence-electron chi connectivity index (χ4n) is 2.77. The van der Waals surface area contributed by atoms with Gasteiger partial charge in [0.05, 0.1) is 18.7 Å². The summed E-state index contributed by atoms with van der Waals surface area (Å²) in [6.45, 7) is 0.659. The molecule has 0 spiro atoms. The van der Waals surface area contributed by atoms with Crippen molar-refractivity contribution < 1.29 is 36.6 Å². The molecule has 2 aromatic rings. The average Bonchev–Trinajstić information content (AvgIpc) is 2.71. The molecule has 0 bridgehead atoms. The molecule has 9 heteroatoms. The summed E-state index contributed by atoms with van der Waals surface area (Å²) in [5, 5.41) is 0. The highest BCUT2D eigenvalue weighted by Gasteiger charge is 2.31. The van der Waals surface area contributed by atoms with E-state index in [0.717, 1.165) is 12.1 Å². The lowest BCUT2D eigenvalue weighted by Gasteiger charge is -2.32. The lowest BCUT2D eigenvalue weighted by Crippen LogP contribution is -2.49. The molecule has 1 aliphatic rings. The molecule has 29 heavy (non-hydrogen) atoms. The highest BCUT2D eigenvalue weighted by Crippen LogP contribution is 2.31. The van der Waals surface area contributed by atoms with Gasteiger partial charge < -0.3 is 19.1 Å². The van der Waals surface area contributed by atoms with Crippen molar-refractivity contribution >= 4 is 5.91 Å². The van der Waals surface area contributed by atoms with Crippen LogP contribution in [0.2, 0.25) is 0 Å². The van der Waals surface area contributed by atoms with Crippen LogP contribution in [0.25, 0.3) is 0 Å². The minimum Gasteiger partial charge on any atom is -0.491 e. The predicted molar refractivity (Wildman–Crippen MR) is 95.2 cm³/mol. The van der Waals surface area contributed by atoms with Crippen LogP contribution < -0.4 is 9.47 Å². The van der Waals surface area contributed by atoms with E-state index < -0.39 is 23.7 Å². The second kappa shape index (κ2) is 9.13. The standard InChI is InChI=1S/C20H19F4NO4/c21-15-4-6-16(7-5-15)29-13-19(26)25-8-9-27-18(11-25)12-28-17-3-1-2-14(10-17)20(22,23)24/h1-7,10,18H,8-9,11-13H2. The van der Waals surface area contributed by atoms with Gasteiger partial charge >= 0.3 is 6.18 Å². The first kappa shape index (κ1) is 20.9. The molecular weight excluding hydrogens is 394 g/mol. The minimum atomic E-state index is -4.45. The van der Waals surface area contributed by atoms with Crippen LogP contribution in [0.3, 0.4) is 0 Å². The number of alkyl halides is 3. The summed E-state index contributed by atoms with van der Waals surface area (Å²) in [6, 6.07) is 9.89. The highest BCUT2D eigenvalue weighted by molar-refractivity contribution is 5.77. The number of nitrogens with zero attached hydrogens (tertiary/aromatic N) is 1. The van der Waals surface area contributed by atoms with Crippen molar-refractivity contribution in [2.75, 3.05) is 32.9 Å². The maximum Gasteiger partial charge on any atom is 0.416 e. The first-order valence-corrected chi connectivity index (χ1v) is 8.89. The van der Waals surface area contributed by atoms with Crippen molar-refractivity contribution in [1.82, 2.24) is 4.90 Å². The molecule has 3 rings (SSSR count). The van der Waals surface area contributed by atoms with E-state index in [4.69, 9.17) is 14.2 Å². The third-order valence-corrected chi connectivity index (χ3v) is 4.26. The SMILES string of the molecule is O=C(COc1ccc(F)cc1)N1CCOC(COc2cccc(C(F)(F)F)c2)C1. The molecule has 0 radical (unpaired) electrons. The number of carbonyl (C=O) groups excluding carboxylic acids is 1. The molecule has 1 heterocycles. The summed E-state index contributed by atoms with van der Waals surface area (Å²) in [5.41, 5.74) is -0.797. The monoisotopic (exact) mass is 413 g/mol. The van der Waals surface area contributed by atoms with Crippen molar-refractivity contribution in [2.24, 2.45) is 0 Å². The Labute approximate surface area is 164 Å². The van der Waals surface area contributed by atoms with Gasteiger partial charge in [-0.15, -0.1) is 0 Å². The number of amides is 1. The van der Waals surface area contributed by atoms with Gasteiger partial charge in [0.15, 0.2) is 6.61 Å². The third-order valence-electron chi connectivity index (χ3n) is 4.26. The van der Waals surface area contributed by atoms with Crippen molar-refractivity contribution in [1.29, 1.82) is 0 Å². The molecule has 2 aromatic carbocycles. The molecule has 1 fully saturated rings. The molecule has 5 nitrogen and oxygen atoms in total.